The molecule has 0 bridgehead atoms. The van der Waals surface area contributed by atoms with Gasteiger partial charge in [-0.05, 0) is 56.8 Å². The first-order valence-electron chi connectivity index (χ1n) is 11.7. The molecule has 5 nitrogen and oxygen atoms in total. The summed E-state index contributed by atoms with van der Waals surface area (Å²) in [6.45, 7) is 15.4. The lowest BCUT2D eigenvalue weighted by molar-refractivity contribution is 0.0530. The first-order valence-corrected chi connectivity index (χ1v) is 12.1. The van der Waals surface area contributed by atoms with E-state index in [9.17, 15) is 0 Å². The summed E-state index contributed by atoms with van der Waals surface area (Å²) in [5.74, 6) is 1.77. The molecule has 2 heterocycles. The maximum absolute atomic E-state index is 6.63. The predicted molar refractivity (Wildman–Crippen MR) is 127 cm³/mol. The maximum atomic E-state index is 6.63. The quantitative estimate of drug-likeness (QED) is 0.495. The Balaban J connectivity index is 1.75. The first-order chi connectivity index (χ1) is 14.6. The third-order valence-corrected chi connectivity index (χ3v) is 7.09. The van der Waals surface area contributed by atoms with Gasteiger partial charge in [0.25, 0.3) is 0 Å². The number of guanidine groups is 1. The van der Waals surface area contributed by atoms with Gasteiger partial charge in [0.15, 0.2) is 5.96 Å². The molecule has 0 saturated carbocycles. The number of aliphatic imine (C=N–C) groups is 1. The number of rotatable bonds is 8. The van der Waals surface area contributed by atoms with E-state index in [1.165, 1.54) is 18.5 Å². The van der Waals surface area contributed by atoms with Crippen LogP contribution in [0.4, 0.5) is 0 Å². The summed E-state index contributed by atoms with van der Waals surface area (Å²) in [5.41, 5.74) is 1.17. The minimum Gasteiger partial charge on any atom is -0.381 e. The van der Waals surface area contributed by atoms with Crippen molar-refractivity contribution in [1.82, 2.24) is 15.1 Å². The van der Waals surface area contributed by atoms with Crippen LogP contribution in [0.2, 0.25) is 5.02 Å². The monoisotopic (exact) mass is 434 g/mol. The fraction of sp³-hybridized carbons (Fsp3) is 0.708. The second kappa shape index (κ2) is 11.4. The Bertz CT molecular complexity index is 686. The zero-order valence-corrected chi connectivity index (χ0v) is 19.8. The minimum atomic E-state index is -0.0440. The molecular weight excluding hydrogens is 396 g/mol. The Labute approximate surface area is 187 Å². The van der Waals surface area contributed by atoms with Crippen LogP contribution in [0.1, 0.15) is 45.6 Å². The summed E-state index contributed by atoms with van der Waals surface area (Å²) in [4.78, 5) is 10.2. The minimum absolute atomic E-state index is 0.0440. The van der Waals surface area contributed by atoms with Crippen molar-refractivity contribution in [1.29, 1.82) is 0 Å². The molecule has 6 heteroatoms. The van der Waals surface area contributed by atoms with Crippen LogP contribution in [0.5, 0.6) is 0 Å². The SMILES string of the molecule is CCNC(=NCC1(c2ccccc2Cl)CCOCC1)N1CCC(CN(CC)CC)C1. The predicted octanol–water partition coefficient (Wildman–Crippen LogP) is 4.02. The third-order valence-electron chi connectivity index (χ3n) is 6.76. The Morgan fingerprint density at radius 2 is 1.97 bits per heavy atom. The van der Waals surface area contributed by atoms with Crippen molar-refractivity contribution in [2.75, 3.05) is 59.0 Å². The molecule has 168 valence electrons. The molecule has 30 heavy (non-hydrogen) atoms. The highest BCUT2D eigenvalue weighted by atomic mass is 35.5. The molecule has 0 aliphatic carbocycles. The fourth-order valence-corrected chi connectivity index (χ4v) is 5.18. The molecule has 1 aromatic carbocycles. The van der Waals surface area contributed by atoms with Gasteiger partial charge in [0, 0.05) is 49.8 Å². The highest BCUT2D eigenvalue weighted by Gasteiger charge is 2.36. The van der Waals surface area contributed by atoms with E-state index in [2.05, 4.69) is 48.0 Å². The van der Waals surface area contributed by atoms with Gasteiger partial charge < -0.3 is 19.9 Å². The van der Waals surface area contributed by atoms with Crippen LogP contribution >= 0.6 is 11.6 Å². The van der Waals surface area contributed by atoms with Crippen LogP contribution in [0.15, 0.2) is 29.3 Å². The van der Waals surface area contributed by atoms with E-state index in [0.29, 0.717) is 0 Å². The lowest BCUT2D eigenvalue weighted by Gasteiger charge is -2.37. The van der Waals surface area contributed by atoms with Crippen LogP contribution < -0.4 is 5.32 Å². The number of halogens is 1. The molecule has 0 radical (unpaired) electrons. The van der Waals surface area contributed by atoms with Gasteiger partial charge in [0.1, 0.15) is 0 Å². The molecular formula is C24H39ClN4O. The lowest BCUT2D eigenvalue weighted by Crippen LogP contribution is -2.43. The van der Waals surface area contributed by atoms with Crippen molar-refractivity contribution >= 4 is 17.6 Å². The fourth-order valence-electron chi connectivity index (χ4n) is 4.84. The largest absolute Gasteiger partial charge is 0.381 e. The molecule has 3 rings (SSSR count). The lowest BCUT2D eigenvalue weighted by atomic mass is 9.74. The summed E-state index contributed by atoms with van der Waals surface area (Å²) in [6.07, 6.45) is 3.17. The Morgan fingerprint density at radius 3 is 2.63 bits per heavy atom. The Kier molecular flexibility index (Phi) is 8.84. The summed E-state index contributed by atoms with van der Waals surface area (Å²) in [7, 11) is 0. The van der Waals surface area contributed by atoms with E-state index in [0.717, 1.165) is 82.2 Å². The van der Waals surface area contributed by atoms with E-state index in [1.54, 1.807) is 0 Å². The average Bonchev–Trinajstić information content (AvgIpc) is 3.24. The molecule has 1 atom stereocenters. The Hall–Kier alpha value is -1.30. The number of hydrogen-bond donors (Lipinski definition) is 1. The average molecular weight is 435 g/mol. The van der Waals surface area contributed by atoms with E-state index in [1.807, 2.05) is 12.1 Å². The second-order valence-electron chi connectivity index (χ2n) is 8.63. The standard InChI is InChI=1S/C24H39ClN4O/c1-4-26-23(29-14-11-20(18-29)17-28(5-2)6-3)27-19-24(12-15-30-16-13-24)21-9-7-8-10-22(21)25/h7-10,20H,4-6,11-19H2,1-3H3,(H,26,27). The maximum Gasteiger partial charge on any atom is 0.193 e. The molecule has 1 N–H and O–H groups in total. The summed E-state index contributed by atoms with van der Waals surface area (Å²) >= 11 is 6.63. The van der Waals surface area contributed by atoms with Gasteiger partial charge in [-0.1, -0.05) is 43.6 Å². The van der Waals surface area contributed by atoms with Crippen LogP contribution in [-0.2, 0) is 10.2 Å². The summed E-state index contributed by atoms with van der Waals surface area (Å²) in [6, 6.07) is 8.27. The van der Waals surface area contributed by atoms with Gasteiger partial charge in [-0.25, -0.2) is 0 Å². The Morgan fingerprint density at radius 1 is 1.23 bits per heavy atom. The second-order valence-corrected chi connectivity index (χ2v) is 9.04. The van der Waals surface area contributed by atoms with Crippen molar-refractivity contribution in [3.8, 4) is 0 Å². The van der Waals surface area contributed by atoms with Crippen LogP contribution in [0, 0.1) is 5.92 Å². The number of likely N-dealkylation sites (tertiary alicyclic amines) is 1. The zero-order chi connectivity index (χ0) is 21.4. The molecule has 2 aliphatic heterocycles. The van der Waals surface area contributed by atoms with Crippen molar-refractivity contribution in [2.24, 2.45) is 10.9 Å². The normalized spacial score (nSPS) is 22.0. The van der Waals surface area contributed by atoms with Crippen molar-refractivity contribution in [2.45, 2.75) is 45.4 Å². The molecule has 2 saturated heterocycles. The molecule has 0 aromatic heterocycles. The van der Waals surface area contributed by atoms with Crippen molar-refractivity contribution < 1.29 is 4.74 Å². The smallest absolute Gasteiger partial charge is 0.193 e. The van der Waals surface area contributed by atoms with Gasteiger partial charge in [-0.3, -0.25) is 4.99 Å². The van der Waals surface area contributed by atoms with E-state index in [-0.39, 0.29) is 5.41 Å². The van der Waals surface area contributed by atoms with Crippen LogP contribution in [-0.4, -0.2) is 74.8 Å². The van der Waals surface area contributed by atoms with E-state index < -0.39 is 0 Å². The summed E-state index contributed by atoms with van der Waals surface area (Å²) in [5, 5.41) is 4.39. The molecule has 2 aliphatic rings. The van der Waals surface area contributed by atoms with Crippen LogP contribution in [0.3, 0.4) is 0 Å². The highest BCUT2D eigenvalue weighted by Crippen LogP contribution is 2.39. The number of benzene rings is 1. The van der Waals surface area contributed by atoms with Gasteiger partial charge in [-0.2, -0.15) is 0 Å². The number of hydrogen-bond acceptors (Lipinski definition) is 3. The molecule has 0 amide bonds. The van der Waals surface area contributed by atoms with Gasteiger partial charge in [0.2, 0.25) is 0 Å². The van der Waals surface area contributed by atoms with E-state index in [4.69, 9.17) is 21.3 Å². The molecule has 1 unspecified atom stereocenters. The van der Waals surface area contributed by atoms with Crippen molar-refractivity contribution in [3.63, 3.8) is 0 Å². The number of ether oxygens (including phenoxy) is 1. The van der Waals surface area contributed by atoms with Crippen molar-refractivity contribution in [3.05, 3.63) is 34.9 Å². The van der Waals surface area contributed by atoms with Crippen LogP contribution in [0.25, 0.3) is 0 Å². The zero-order valence-electron chi connectivity index (χ0n) is 19.0. The third kappa shape index (κ3) is 5.68. The number of nitrogens with zero attached hydrogens (tertiary/aromatic N) is 3. The topological polar surface area (TPSA) is 40.1 Å². The molecule has 0 spiro atoms. The van der Waals surface area contributed by atoms with E-state index >= 15 is 0 Å². The first kappa shape index (κ1) is 23.4. The summed E-state index contributed by atoms with van der Waals surface area (Å²) < 4.78 is 5.69. The molecule has 2 fully saturated rings. The van der Waals surface area contributed by atoms with Gasteiger partial charge in [0.05, 0.1) is 6.54 Å². The highest BCUT2D eigenvalue weighted by molar-refractivity contribution is 6.31. The van der Waals surface area contributed by atoms with Gasteiger partial charge in [-0.15, -0.1) is 0 Å². The van der Waals surface area contributed by atoms with Gasteiger partial charge >= 0.3 is 0 Å². The number of nitrogens with one attached hydrogen (secondary N) is 1. The molecule has 1 aromatic rings.